The van der Waals surface area contributed by atoms with Crippen LogP contribution < -0.4 is 16.2 Å². The molecule has 1 amide bonds. The molecule has 0 aromatic heterocycles. The van der Waals surface area contributed by atoms with Crippen LogP contribution in [-0.4, -0.2) is 56.1 Å². The van der Waals surface area contributed by atoms with Gasteiger partial charge in [-0.1, -0.05) is 25.5 Å². The van der Waals surface area contributed by atoms with Crippen molar-refractivity contribution >= 4 is 6.41 Å². The number of carbonyl (C=O) groups excluding carboxylic acids is 1. The molecule has 4 N–H and O–H groups in total. The molecule has 0 spiro atoms. The third-order valence-corrected chi connectivity index (χ3v) is 6.14. The van der Waals surface area contributed by atoms with Crippen molar-refractivity contribution in [2.45, 2.75) is 70.2 Å². The van der Waals surface area contributed by atoms with Gasteiger partial charge in [0.1, 0.15) is 6.17 Å². The van der Waals surface area contributed by atoms with E-state index in [-0.39, 0.29) is 18.6 Å². The molecule has 0 bridgehead atoms. The summed E-state index contributed by atoms with van der Waals surface area (Å²) in [7, 11) is 0. The number of halogens is 1. The summed E-state index contributed by atoms with van der Waals surface area (Å²) in [4.78, 5) is 10.3. The quantitative estimate of drug-likeness (QED) is 0.282. The topological polar surface area (TPSA) is 82.6 Å². The maximum absolute atomic E-state index is 14.7. The van der Waals surface area contributed by atoms with Crippen molar-refractivity contribution in [3.8, 4) is 0 Å². The first kappa shape index (κ1) is 23.3. The van der Waals surface area contributed by atoms with Crippen molar-refractivity contribution < 1.29 is 19.0 Å². The molecule has 2 rings (SSSR count). The van der Waals surface area contributed by atoms with E-state index in [0.29, 0.717) is 37.7 Å². The van der Waals surface area contributed by atoms with Crippen molar-refractivity contribution in [3.05, 3.63) is 12.2 Å². The first-order valence-electron chi connectivity index (χ1n) is 10.8. The first-order chi connectivity index (χ1) is 13.5. The highest BCUT2D eigenvalue weighted by Crippen LogP contribution is 2.39. The summed E-state index contributed by atoms with van der Waals surface area (Å²) in [6.07, 6.45) is 4.78. The van der Waals surface area contributed by atoms with E-state index in [4.69, 9.17) is 4.74 Å². The average Bonchev–Trinajstić information content (AvgIpc) is 3.18. The molecule has 1 heterocycles. The Hall–Kier alpha value is -1.02. The number of rotatable bonds is 13. The summed E-state index contributed by atoms with van der Waals surface area (Å²) in [5, 5.41) is 12.3. The molecule has 1 saturated carbocycles. The Morgan fingerprint density at radius 2 is 2.14 bits per heavy atom. The van der Waals surface area contributed by atoms with Crippen LogP contribution in [0.1, 0.15) is 51.9 Å². The lowest BCUT2D eigenvalue weighted by molar-refractivity contribution is -0.109. The molecule has 28 heavy (non-hydrogen) atoms. The zero-order chi connectivity index (χ0) is 20.4. The minimum absolute atomic E-state index is 0.0165. The van der Waals surface area contributed by atoms with E-state index in [0.717, 1.165) is 50.8 Å². The SMILES string of the molecule is C=C(CCCC1CC(OCC2CNNC2)CC(F)C1CC)C[C@@H](O)CNC=O. The third kappa shape index (κ3) is 7.78. The molecule has 162 valence electrons. The standard InChI is InChI=1S/C21H38FN3O3/c1-3-20-17(6-4-5-15(2)7-18(27)12-23-14-26)8-19(9-21(20)22)28-13-16-10-24-25-11-16/h14,16-21,24-25,27H,2-13H2,1H3,(H,23,26)/t17?,18-,19?,20?,21?/m1/s1. The number of hydrogen-bond donors (Lipinski definition) is 4. The molecule has 1 aliphatic carbocycles. The van der Waals surface area contributed by atoms with Crippen LogP contribution in [0.25, 0.3) is 0 Å². The second-order valence-electron chi connectivity index (χ2n) is 8.43. The van der Waals surface area contributed by atoms with E-state index < -0.39 is 12.3 Å². The lowest BCUT2D eigenvalue weighted by Gasteiger charge is -2.38. The minimum atomic E-state index is -0.784. The Balaban J connectivity index is 1.73. The Morgan fingerprint density at radius 1 is 1.39 bits per heavy atom. The third-order valence-electron chi connectivity index (χ3n) is 6.14. The first-order valence-corrected chi connectivity index (χ1v) is 10.8. The van der Waals surface area contributed by atoms with Gasteiger partial charge in [0.05, 0.1) is 18.8 Å². The molecule has 2 fully saturated rings. The fourth-order valence-corrected chi connectivity index (χ4v) is 4.59. The summed E-state index contributed by atoms with van der Waals surface area (Å²) in [6.45, 7) is 8.87. The monoisotopic (exact) mass is 399 g/mol. The Labute approximate surface area is 168 Å². The summed E-state index contributed by atoms with van der Waals surface area (Å²) >= 11 is 0. The number of ether oxygens (including phenoxy) is 1. The molecule has 5 atom stereocenters. The van der Waals surface area contributed by atoms with Crippen molar-refractivity contribution in [2.75, 3.05) is 26.2 Å². The highest BCUT2D eigenvalue weighted by molar-refractivity contribution is 5.45. The van der Waals surface area contributed by atoms with Gasteiger partial charge in [0, 0.05) is 32.0 Å². The van der Waals surface area contributed by atoms with Crippen LogP contribution in [0.5, 0.6) is 0 Å². The molecule has 1 aliphatic heterocycles. The summed E-state index contributed by atoms with van der Waals surface area (Å²) < 4.78 is 20.8. The highest BCUT2D eigenvalue weighted by Gasteiger charge is 2.37. The number of hydrogen-bond acceptors (Lipinski definition) is 5. The molecular weight excluding hydrogens is 361 g/mol. The number of nitrogens with one attached hydrogen (secondary N) is 3. The minimum Gasteiger partial charge on any atom is -0.391 e. The van der Waals surface area contributed by atoms with Crippen molar-refractivity contribution in [1.82, 2.24) is 16.2 Å². The molecule has 7 heteroatoms. The maximum Gasteiger partial charge on any atom is 0.207 e. The molecule has 2 aliphatic rings. The predicted molar refractivity (Wildman–Crippen MR) is 108 cm³/mol. The van der Waals surface area contributed by atoms with E-state index in [1.807, 2.05) is 0 Å². The lowest BCUT2D eigenvalue weighted by Crippen LogP contribution is -2.38. The van der Waals surface area contributed by atoms with Crippen molar-refractivity contribution in [2.24, 2.45) is 17.8 Å². The summed E-state index contributed by atoms with van der Waals surface area (Å²) in [5.74, 6) is 0.919. The Kier molecular flexibility index (Phi) is 10.4. The van der Waals surface area contributed by atoms with E-state index in [1.165, 1.54) is 0 Å². The smallest absolute Gasteiger partial charge is 0.207 e. The van der Waals surface area contributed by atoms with Gasteiger partial charge in [-0.25, -0.2) is 4.39 Å². The molecule has 6 nitrogen and oxygen atoms in total. The number of aliphatic hydroxyl groups excluding tert-OH is 1. The largest absolute Gasteiger partial charge is 0.391 e. The zero-order valence-electron chi connectivity index (χ0n) is 17.2. The molecule has 4 unspecified atom stereocenters. The number of amides is 1. The highest BCUT2D eigenvalue weighted by atomic mass is 19.1. The van der Waals surface area contributed by atoms with Gasteiger partial charge in [0.2, 0.25) is 6.41 Å². The predicted octanol–water partition coefficient (Wildman–Crippen LogP) is 2.09. The second kappa shape index (κ2) is 12.5. The van der Waals surface area contributed by atoms with E-state index in [2.05, 4.69) is 29.7 Å². The van der Waals surface area contributed by atoms with Gasteiger partial charge >= 0.3 is 0 Å². The molecule has 0 radical (unpaired) electrons. The van der Waals surface area contributed by atoms with Gasteiger partial charge < -0.3 is 15.2 Å². The van der Waals surface area contributed by atoms with Crippen LogP contribution in [0.2, 0.25) is 0 Å². The number of aliphatic hydroxyl groups is 1. The van der Waals surface area contributed by atoms with Crippen LogP contribution in [0.3, 0.4) is 0 Å². The lowest BCUT2D eigenvalue weighted by atomic mass is 9.73. The fraction of sp³-hybridized carbons (Fsp3) is 0.857. The van der Waals surface area contributed by atoms with Crippen LogP contribution >= 0.6 is 0 Å². The summed E-state index contributed by atoms with van der Waals surface area (Å²) in [5.41, 5.74) is 7.19. The zero-order valence-corrected chi connectivity index (χ0v) is 17.2. The van der Waals surface area contributed by atoms with Crippen LogP contribution in [0, 0.1) is 17.8 Å². The molecule has 1 saturated heterocycles. The normalized spacial score (nSPS) is 29.5. The second-order valence-corrected chi connectivity index (χ2v) is 8.43. The van der Waals surface area contributed by atoms with Crippen molar-refractivity contribution in [1.29, 1.82) is 0 Å². The van der Waals surface area contributed by atoms with Gasteiger partial charge in [-0.05, 0) is 43.9 Å². The molecule has 0 aromatic carbocycles. The molecular formula is C21H38FN3O3. The van der Waals surface area contributed by atoms with Crippen LogP contribution in [0.15, 0.2) is 12.2 Å². The molecule has 0 aromatic rings. The Bertz CT molecular complexity index is 474. The van der Waals surface area contributed by atoms with Gasteiger partial charge in [0.15, 0.2) is 0 Å². The van der Waals surface area contributed by atoms with Gasteiger partial charge in [0.25, 0.3) is 0 Å². The van der Waals surface area contributed by atoms with Crippen molar-refractivity contribution in [3.63, 3.8) is 0 Å². The van der Waals surface area contributed by atoms with Crippen LogP contribution in [0.4, 0.5) is 4.39 Å². The van der Waals surface area contributed by atoms with Gasteiger partial charge in [-0.15, -0.1) is 0 Å². The van der Waals surface area contributed by atoms with Gasteiger partial charge in [-0.3, -0.25) is 15.6 Å². The van der Waals surface area contributed by atoms with E-state index in [9.17, 15) is 14.3 Å². The number of carbonyl (C=O) groups is 1. The Morgan fingerprint density at radius 3 is 2.82 bits per heavy atom. The van der Waals surface area contributed by atoms with E-state index in [1.54, 1.807) is 0 Å². The number of hydrazine groups is 1. The van der Waals surface area contributed by atoms with Gasteiger partial charge in [-0.2, -0.15) is 0 Å². The number of alkyl halides is 1. The van der Waals surface area contributed by atoms with E-state index >= 15 is 0 Å². The fourth-order valence-electron chi connectivity index (χ4n) is 4.59. The van der Waals surface area contributed by atoms with Crippen LogP contribution in [-0.2, 0) is 9.53 Å². The summed E-state index contributed by atoms with van der Waals surface area (Å²) in [6, 6.07) is 0. The maximum atomic E-state index is 14.7. The average molecular weight is 400 g/mol.